The molecule has 0 fully saturated rings. The number of aliphatic hydroxyl groups excluding tert-OH is 2. The Morgan fingerprint density at radius 3 is 2.40 bits per heavy atom. The van der Waals surface area contributed by atoms with Crippen LogP contribution in [0.4, 0.5) is 0 Å². The Hall–Kier alpha value is -2.18. The normalized spacial score (nSPS) is 10.5. The van der Waals surface area contributed by atoms with E-state index in [-0.39, 0.29) is 32.1 Å². The lowest BCUT2D eigenvalue weighted by Gasteiger charge is -2.18. The molecule has 6 heteroatoms. The number of aliphatic hydroxyl groups is 2. The molecule has 0 aliphatic rings. The van der Waals surface area contributed by atoms with Crippen LogP contribution in [0.25, 0.3) is 11.3 Å². The summed E-state index contributed by atoms with van der Waals surface area (Å²) in [5.41, 5.74) is 1.42. The van der Waals surface area contributed by atoms with E-state index < -0.39 is 5.91 Å². The lowest BCUT2D eigenvalue weighted by atomic mass is 10.1. The van der Waals surface area contributed by atoms with Crippen molar-refractivity contribution < 1.29 is 19.5 Å². The highest BCUT2D eigenvalue weighted by Crippen LogP contribution is 2.19. The molecular formula is C14H16N2O4. The van der Waals surface area contributed by atoms with Gasteiger partial charge in [0.1, 0.15) is 5.69 Å². The zero-order chi connectivity index (χ0) is 14.4. The Labute approximate surface area is 116 Å². The van der Waals surface area contributed by atoms with Crippen molar-refractivity contribution in [1.82, 2.24) is 10.1 Å². The van der Waals surface area contributed by atoms with Crippen LogP contribution >= 0.6 is 0 Å². The molecule has 2 rings (SSSR count). The molecule has 106 valence electrons. The lowest BCUT2D eigenvalue weighted by molar-refractivity contribution is 0.0644. The first-order valence-corrected chi connectivity index (χ1v) is 6.29. The average Bonchev–Trinajstić information content (AvgIpc) is 2.97. The Balaban J connectivity index is 2.17. The van der Waals surface area contributed by atoms with Gasteiger partial charge in [-0.25, -0.2) is 0 Å². The second-order valence-corrected chi connectivity index (χ2v) is 4.18. The van der Waals surface area contributed by atoms with Crippen LogP contribution < -0.4 is 0 Å². The van der Waals surface area contributed by atoms with Gasteiger partial charge in [0, 0.05) is 24.7 Å². The zero-order valence-electron chi connectivity index (χ0n) is 10.9. The van der Waals surface area contributed by atoms with Gasteiger partial charge >= 0.3 is 0 Å². The molecular weight excluding hydrogens is 260 g/mol. The topological polar surface area (TPSA) is 86.8 Å². The van der Waals surface area contributed by atoms with Crippen LogP contribution in [0, 0.1) is 0 Å². The molecule has 2 N–H and O–H groups in total. The van der Waals surface area contributed by atoms with Crippen LogP contribution in [0.1, 0.15) is 10.6 Å². The summed E-state index contributed by atoms with van der Waals surface area (Å²) in [7, 11) is 0. The highest BCUT2D eigenvalue weighted by molar-refractivity contribution is 5.92. The number of nitrogens with zero attached hydrogens (tertiary/aromatic N) is 2. The largest absolute Gasteiger partial charge is 0.395 e. The highest BCUT2D eigenvalue weighted by Gasteiger charge is 2.20. The van der Waals surface area contributed by atoms with E-state index >= 15 is 0 Å². The first-order chi connectivity index (χ1) is 9.76. The number of carbonyl (C=O) groups excluding carboxylic acids is 1. The van der Waals surface area contributed by atoms with Gasteiger partial charge in [0.15, 0.2) is 0 Å². The van der Waals surface area contributed by atoms with Crippen LogP contribution in [-0.2, 0) is 0 Å². The number of rotatable bonds is 6. The molecule has 0 aliphatic heterocycles. The summed E-state index contributed by atoms with van der Waals surface area (Å²) in [6, 6.07) is 10.9. The van der Waals surface area contributed by atoms with Gasteiger partial charge < -0.3 is 19.6 Å². The first kappa shape index (κ1) is 14.2. The van der Waals surface area contributed by atoms with Crippen molar-refractivity contribution in [3.05, 3.63) is 42.2 Å². The van der Waals surface area contributed by atoms with Gasteiger partial charge in [-0.15, -0.1) is 0 Å². The number of hydrogen-bond acceptors (Lipinski definition) is 5. The van der Waals surface area contributed by atoms with Crippen LogP contribution in [0.2, 0.25) is 0 Å². The molecule has 1 amide bonds. The third kappa shape index (κ3) is 3.23. The summed E-state index contributed by atoms with van der Waals surface area (Å²) in [5, 5.41) is 21.7. The van der Waals surface area contributed by atoms with Gasteiger partial charge in [-0.05, 0) is 0 Å². The fraction of sp³-hybridized carbons (Fsp3) is 0.286. The number of aromatic nitrogens is 1. The van der Waals surface area contributed by atoms with Gasteiger partial charge in [-0.1, -0.05) is 35.5 Å². The molecule has 0 bridgehead atoms. The number of amides is 1. The van der Waals surface area contributed by atoms with Crippen molar-refractivity contribution in [3.63, 3.8) is 0 Å². The molecule has 1 aromatic heterocycles. The summed E-state index contributed by atoms with van der Waals surface area (Å²) in [6.07, 6.45) is 0. The summed E-state index contributed by atoms with van der Waals surface area (Å²) in [5.74, 6) is -0.312. The molecule has 1 heterocycles. The molecule has 0 saturated heterocycles. The summed E-state index contributed by atoms with van der Waals surface area (Å²) < 4.78 is 5.05. The number of carbonyl (C=O) groups is 1. The van der Waals surface area contributed by atoms with E-state index in [9.17, 15) is 4.79 Å². The fourth-order valence-electron chi connectivity index (χ4n) is 1.83. The lowest BCUT2D eigenvalue weighted by Crippen LogP contribution is -2.35. The Kier molecular flexibility index (Phi) is 4.86. The van der Waals surface area contributed by atoms with Crippen molar-refractivity contribution in [2.24, 2.45) is 0 Å². The van der Waals surface area contributed by atoms with Crippen molar-refractivity contribution in [1.29, 1.82) is 0 Å². The SMILES string of the molecule is O=C(c1cc(-c2ccccc2)no1)N(CCO)CCO. The van der Waals surface area contributed by atoms with Gasteiger partial charge in [0.25, 0.3) is 5.91 Å². The van der Waals surface area contributed by atoms with E-state index in [1.165, 1.54) is 4.90 Å². The molecule has 6 nitrogen and oxygen atoms in total. The second kappa shape index (κ2) is 6.83. The predicted octanol–water partition coefficient (Wildman–Crippen LogP) is 0.768. The average molecular weight is 276 g/mol. The van der Waals surface area contributed by atoms with Gasteiger partial charge in [0.2, 0.25) is 5.76 Å². The third-order valence-electron chi connectivity index (χ3n) is 2.82. The molecule has 0 unspecified atom stereocenters. The minimum Gasteiger partial charge on any atom is -0.395 e. The summed E-state index contributed by atoms with van der Waals surface area (Å²) in [4.78, 5) is 13.5. The summed E-state index contributed by atoms with van der Waals surface area (Å²) >= 11 is 0. The smallest absolute Gasteiger partial charge is 0.292 e. The van der Waals surface area contributed by atoms with E-state index in [1.54, 1.807) is 6.07 Å². The molecule has 1 aromatic carbocycles. The van der Waals surface area contributed by atoms with Gasteiger partial charge in [-0.3, -0.25) is 4.79 Å². The molecule has 20 heavy (non-hydrogen) atoms. The molecule has 0 saturated carbocycles. The Bertz CT molecular complexity index is 547. The van der Waals surface area contributed by atoms with Crippen molar-refractivity contribution >= 4 is 5.91 Å². The third-order valence-corrected chi connectivity index (χ3v) is 2.82. The molecule has 2 aromatic rings. The van der Waals surface area contributed by atoms with E-state index in [0.717, 1.165) is 5.56 Å². The maximum Gasteiger partial charge on any atom is 0.292 e. The van der Waals surface area contributed by atoms with Crippen LogP contribution in [0.5, 0.6) is 0 Å². The van der Waals surface area contributed by atoms with Gasteiger partial charge in [-0.2, -0.15) is 0 Å². The number of benzene rings is 1. The molecule has 0 aliphatic carbocycles. The van der Waals surface area contributed by atoms with E-state index in [4.69, 9.17) is 14.7 Å². The van der Waals surface area contributed by atoms with E-state index in [1.807, 2.05) is 30.3 Å². The molecule has 0 spiro atoms. The molecule has 0 atom stereocenters. The van der Waals surface area contributed by atoms with Gasteiger partial charge in [0.05, 0.1) is 13.2 Å². The van der Waals surface area contributed by atoms with Crippen LogP contribution in [0.15, 0.2) is 40.9 Å². The van der Waals surface area contributed by atoms with Crippen molar-refractivity contribution in [2.75, 3.05) is 26.3 Å². The quantitative estimate of drug-likeness (QED) is 0.813. The van der Waals surface area contributed by atoms with E-state index in [0.29, 0.717) is 5.69 Å². The predicted molar refractivity (Wildman–Crippen MR) is 72.0 cm³/mol. The summed E-state index contributed by atoms with van der Waals surface area (Å²) in [6.45, 7) is -0.0711. The Morgan fingerprint density at radius 1 is 1.15 bits per heavy atom. The zero-order valence-corrected chi connectivity index (χ0v) is 10.9. The highest BCUT2D eigenvalue weighted by atomic mass is 16.5. The minimum absolute atomic E-state index is 0.0887. The fourth-order valence-corrected chi connectivity index (χ4v) is 1.83. The molecule has 0 radical (unpaired) electrons. The van der Waals surface area contributed by atoms with Crippen molar-refractivity contribution in [3.8, 4) is 11.3 Å². The standard InChI is InChI=1S/C14H16N2O4/c17-8-6-16(7-9-18)14(19)13-10-12(15-20-13)11-4-2-1-3-5-11/h1-5,10,17-18H,6-9H2. The van der Waals surface area contributed by atoms with Crippen LogP contribution in [0.3, 0.4) is 0 Å². The van der Waals surface area contributed by atoms with Crippen molar-refractivity contribution in [2.45, 2.75) is 0 Å². The first-order valence-electron chi connectivity index (χ1n) is 6.29. The number of hydrogen-bond donors (Lipinski definition) is 2. The minimum atomic E-state index is -0.400. The maximum absolute atomic E-state index is 12.1. The second-order valence-electron chi connectivity index (χ2n) is 4.18. The van der Waals surface area contributed by atoms with E-state index in [2.05, 4.69) is 5.16 Å². The Morgan fingerprint density at radius 2 is 1.80 bits per heavy atom. The maximum atomic E-state index is 12.1. The monoisotopic (exact) mass is 276 g/mol. The van der Waals surface area contributed by atoms with Crippen LogP contribution in [-0.4, -0.2) is 52.5 Å².